The quantitative estimate of drug-likeness (QED) is 0.398. The van der Waals surface area contributed by atoms with Gasteiger partial charge in [0.2, 0.25) is 0 Å². The second-order valence-corrected chi connectivity index (χ2v) is 7.32. The van der Waals surface area contributed by atoms with Crippen molar-refractivity contribution in [3.05, 3.63) is 35.4 Å². The summed E-state index contributed by atoms with van der Waals surface area (Å²) in [5, 5.41) is 21.9. The van der Waals surface area contributed by atoms with E-state index in [9.17, 15) is 5.11 Å². The molecule has 3 N–H and O–H groups in total. The lowest BCUT2D eigenvalue weighted by Gasteiger charge is -2.25. The highest BCUT2D eigenvalue weighted by Crippen LogP contribution is 2.26. The van der Waals surface area contributed by atoms with E-state index >= 15 is 0 Å². The first-order chi connectivity index (χ1) is 15.1. The largest absolute Gasteiger partial charge is 0.497 e. The minimum atomic E-state index is -0.788. The van der Waals surface area contributed by atoms with Crippen LogP contribution in [0.5, 0.6) is 11.5 Å². The third-order valence-electron chi connectivity index (χ3n) is 5.04. The molecule has 0 bridgehead atoms. The molecule has 0 spiro atoms. The fourth-order valence-corrected chi connectivity index (χ4v) is 3.49. The van der Waals surface area contributed by atoms with Gasteiger partial charge in [0.15, 0.2) is 11.8 Å². The summed E-state index contributed by atoms with van der Waals surface area (Å²) in [5.74, 6) is 3.59. The molecule has 10 heteroatoms. The summed E-state index contributed by atoms with van der Waals surface area (Å²) in [5.41, 5.74) is 0.686. The van der Waals surface area contributed by atoms with Crippen molar-refractivity contribution in [2.45, 2.75) is 45.1 Å². The Morgan fingerprint density at radius 2 is 2.00 bits per heavy atom. The molecule has 31 heavy (non-hydrogen) atoms. The number of aliphatic hydroxyl groups excluding tert-OH is 1. The van der Waals surface area contributed by atoms with Crippen LogP contribution in [0.25, 0.3) is 0 Å². The molecular formula is C21H32N6O4. The topological polar surface area (TPSA) is 115 Å². The van der Waals surface area contributed by atoms with E-state index in [0.717, 1.165) is 18.7 Å². The van der Waals surface area contributed by atoms with Gasteiger partial charge < -0.3 is 30.0 Å². The zero-order chi connectivity index (χ0) is 22.2. The van der Waals surface area contributed by atoms with Crippen molar-refractivity contribution < 1.29 is 19.3 Å². The van der Waals surface area contributed by atoms with E-state index in [0.29, 0.717) is 48.5 Å². The molecule has 0 saturated heterocycles. The standard InChI is InChI=1S/C21H32N6O4/c1-5-22-21(23-11-18(28)14-8-16(30-3)10-17(9-14)31-4)24-15-6-7-20-25-19(13-29-2)26-27(20)12-15/h8-10,15,18,28H,5-7,11-13H2,1-4H3,(H2,22,23,24). The Bertz CT molecular complexity index is 863. The fraction of sp³-hybridized carbons (Fsp3) is 0.571. The summed E-state index contributed by atoms with van der Waals surface area (Å²) in [6, 6.07) is 5.50. The first-order valence-corrected chi connectivity index (χ1v) is 10.4. The molecule has 3 rings (SSSR count). The van der Waals surface area contributed by atoms with Crippen molar-refractivity contribution >= 4 is 5.96 Å². The second kappa shape index (κ2) is 11.0. The molecule has 1 aliphatic rings. The van der Waals surface area contributed by atoms with E-state index in [1.54, 1.807) is 39.5 Å². The molecule has 10 nitrogen and oxygen atoms in total. The molecule has 170 valence electrons. The number of guanidine groups is 1. The Labute approximate surface area is 182 Å². The number of hydrogen-bond acceptors (Lipinski definition) is 7. The van der Waals surface area contributed by atoms with Crippen LogP contribution in [0.1, 0.15) is 36.7 Å². The average Bonchev–Trinajstić information content (AvgIpc) is 3.18. The molecule has 2 aromatic rings. The Balaban J connectivity index is 1.65. The normalized spacial score (nSPS) is 17.1. The minimum Gasteiger partial charge on any atom is -0.497 e. The summed E-state index contributed by atoms with van der Waals surface area (Å²) in [6.45, 7) is 4.04. The van der Waals surface area contributed by atoms with Gasteiger partial charge >= 0.3 is 0 Å². The van der Waals surface area contributed by atoms with Crippen molar-refractivity contribution in [1.29, 1.82) is 0 Å². The molecule has 2 atom stereocenters. The third-order valence-corrected chi connectivity index (χ3v) is 5.04. The van der Waals surface area contributed by atoms with Gasteiger partial charge in [-0.3, -0.25) is 4.99 Å². The summed E-state index contributed by atoms with van der Waals surface area (Å²) >= 11 is 0. The number of nitrogens with one attached hydrogen (secondary N) is 2. The smallest absolute Gasteiger partial charge is 0.191 e. The monoisotopic (exact) mass is 432 g/mol. The van der Waals surface area contributed by atoms with E-state index < -0.39 is 6.10 Å². The predicted molar refractivity (Wildman–Crippen MR) is 116 cm³/mol. The SMILES string of the molecule is CCNC(=NCC(O)c1cc(OC)cc(OC)c1)NC1CCc2nc(COC)nn2C1. The van der Waals surface area contributed by atoms with E-state index in [1.165, 1.54) is 0 Å². The van der Waals surface area contributed by atoms with Gasteiger partial charge in [-0.2, -0.15) is 5.10 Å². The van der Waals surface area contributed by atoms with Gasteiger partial charge in [0.05, 0.1) is 33.4 Å². The highest BCUT2D eigenvalue weighted by Gasteiger charge is 2.22. The highest BCUT2D eigenvalue weighted by molar-refractivity contribution is 5.80. The van der Waals surface area contributed by atoms with Gasteiger partial charge in [0, 0.05) is 32.2 Å². The minimum absolute atomic E-state index is 0.163. The molecule has 1 aromatic heterocycles. The number of aliphatic imine (C=N–C) groups is 1. The zero-order valence-electron chi connectivity index (χ0n) is 18.6. The number of methoxy groups -OCH3 is 3. The second-order valence-electron chi connectivity index (χ2n) is 7.32. The molecule has 1 aromatic carbocycles. The molecule has 0 radical (unpaired) electrons. The van der Waals surface area contributed by atoms with E-state index in [1.807, 2.05) is 11.6 Å². The number of aliphatic hydroxyl groups is 1. The average molecular weight is 433 g/mol. The number of nitrogens with zero attached hydrogens (tertiary/aromatic N) is 4. The molecular weight excluding hydrogens is 400 g/mol. The van der Waals surface area contributed by atoms with Crippen molar-refractivity contribution in [3.8, 4) is 11.5 Å². The van der Waals surface area contributed by atoms with Gasteiger partial charge in [0.25, 0.3) is 0 Å². The van der Waals surface area contributed by atoms with Crippen LogP contribution < -0.4 is 20.1 Å². The number of ether oxygens (including phenoxy) is 3. The van der Waals surface area contributed by atoms with Gasteiger partial charge in [-0.1, -0.05) is 0 Å². The van der Waals surface area contributed by atoms with Crippen LogP contribution in [0.3, 0.4) is 0 Å². The van der Waals surface area contributed by atoms with Crippen LogP contribution in [0.15, 0.2) is 23.2 Å². The number of benzene rings is 1. The van der Waals surface area contributed by atoms with Crippen LogP contribution in [0.4, 0.5) is 0 Å². The van der Waals surface area contributed by atoms with Crippen molar-refractivity contribution in [2.75, 3.05) is 34.4 Å². The van der Waals surface area contributed by atoms with Crippen LogP contribution in [0, 0.1) is 0 Å². The van der Waals surface area contributed by atoms with Gasteiger partial charge in [-0.25, -0.2) is 9.67 Å². The molecule has 2 heterocycles. The Hall–Kier alpha value is -2.85. The third kappa shape index (κ3) is 6.08. The van der Waals surface area contributed by atoms with Crippen molar-refractivity contribution in [1.82, 2.24) is 25.4 Å². The molecule has 0 amide bonds. The van der Waals surface area contributed by atoms with Crippen LogP contribution in [0.2, 0.25) is 0 Å². The zero-order valence-corrected chi connectivity index (χ0v) is 18.6. The first kappa shape index (κ1) is 22.8. The maximum atomic E-state index is 10.7. The van der Waals surface area contributed by atoms with Crippen LogP contribution in [-0.4, -0.2) is 66.3 Å². The van der Waals surface area contributed by atoms with Crippen molar-refractivity contribution in [3.63, 3.8) is 0 Å². The maximum absolute atomic E-state index is 10.7. The molecule has 1 aliphatic heterocycles. The first-order valence-electron chi connectivity index (χ1n) is 10.4. The molecule has 0 saturated carbocycles. The summed E-state index contributed by atoms with van der Waals surface area (Å²) in [4.78, 5) is 9.09. The fourth-order valence-electron chi connectivity index (χ4n) is 3.49. The lowest BCUT2D eigenvalue weighted by atomic mass is 10.1. The summed E-state index contributed by atoms with van der Waals surface area (Å²) < 4.78 is 17.6. The number of aromatic nitrogens is 3. The Morgan fingerprint density at radius 3 is 2.65 bits per heavy atom. The summed E-state index contributed by atoms with van der Waals surface area (Å²) in [6.07, 6.45) is 0.967. The van der Waals surface area contributed by atoms with Crippen molar-refractivity contribution in [2.24, 2.45) is 4.99 Å². The number of hydrogen-bond donors (Lipinski definition) is 3. The van der Waals surface area contributed by atoms with E-state index in [4.69, 9.17) is 14.2 Å². The number of fused-ring (bicyclic) bond motifs is 1. The van der Waals surface area contributed by atoms with Crippen LogP contribution in [-0.2, 0) is 24.3 Å². The number of aryl methyl sites for hydroxylation is 1. The molecule has 0 fully saturated rings. The Morgan fingerprint density at radius 1 is 1.26 bits per heavy atom. The van der Waals surface area contributed by atoms with E-state index in [2.05, 4.69) is 25.7 Å². The Kier molecular flexibility index (Phi) is 8.07. The maximum Gasteiger partial charge on any atom is 0.191 e. The van der Waals surface area contributed by atoms with Crippen LogP contribution >= 0.6 is 0 Å². The molecule has 2 unspecified atom stereocenters. The van der Waals surface area contributed by atoms with Gasteiger partial charge in [-0.15, -0.1) is 0 Å². The highest BCUT2D eigenvalue weighted by atomic mass is 16.5. The lowest BCUT2D eigenvalue weighted by Crippen LogP contribution is -2.47. The van der Waals surface area contributed by atoms with Gasteiger partial charge in [0.1, 0.15) is 23.9 Å². The predicted octanol–water partition coefficient (Wildman–Crippen LogP) is 1.05. The van der Waals surface area contributed by atoms with Gasteiger partial charge in [-0.05, 0) is 31.0 Å². The lowest BCUT2D eigenvalue weighted by molar-refractivity contribution is 0.177. The van der Waals surface area contributed by atoms with E-state index in [-0.39, 0.29) is 12.6 Å². The molecule has 0 aliphatic carbocycles. The number of rotatable bonds is 9. The summed E-state index contributed by atoms with van der Waals surface area (Å²) in [7, 11) is 4.80.